The van der Waals surface area contributed by atoms with E-state index in [0.717, 1.165) is 12.1 Å². The average Bonchev–Trinajstić information content (AvgIpc) is 2.59. The Bertz CT molecular complexity index is 714. The van der Waals surface area contributed by atoms with E-state index in [4.69, 9.17) is 16.3 Å². The molecular formula is C19H25ClF4N2O2. The summed E-state index contributed by atoms with van der Waals surface area (Å²) >= 11 is 5.88. The van der Waals surface area contributed by atoms with Gasteiger partial charge < -0.3 is 9.64 Å². The molecule has 0 radical (unpaired) electrons. The number of rotatable bonds is 4. The lowest BCUT2D eigenvalue weighted by Gasteiger charge is -2.41. The third kappa shape index (κ3) is 4.88. The Morgan fingerprint density at radius 2 is 1.86 bits per heavy atom. The van der Waals surface area contributed by atoms with Gasteiger partial charge in [0, 0.05) is 25.1 Å². The van der Waals surface area contributed by atoms with Crippen molar-refractivity contribution in [2.75, 3.05) is 13.1 Å². The van der Waals surface area contributed by atoms with Crippen LogP contribution in [0, 0.1) is 0 Å². The normalized spacial score (nSPS) is 17.7. The van der Waals surface area contributed by atoms with Gasteiger partial charge in [-0.2, -0.15) is 0 Å². The minimum atomic E-state index is -3.19. The van der Waals surface area contributed by atoms with Gasteiger partial charge in [0.15, 0.2) is 0 Å². The lowest BCUT2D eigenvalue weighted by atomic mass is 9.75. The molecule has 1 saturated heterocycles. The number of pyridine rings is 1. The summed E-state index contributed by atoms with van der Waals surface area (Å²) in [7, 11) is 0. The molecule has 0 bridgehead atoms. The third-order valence-electron chi connectivity index (χ3n) is 4.90. The number of halogens is 5. The first-order valence-corrected chi connectivity index (χ1v) is 9.51. The highest BCUT2D eigenvalue weighted by Crippen LogP contribution is 2.43. The Hall–Kier alpha value is -1.57. The average molecular weight is 425 g/mol. The maximum absolute atomic E-state index is 14.1. The van der Waals surface area contributed by atoms with Gasteiger partial charge in [-0.15, -0.1) is 0 Å². The Morgan fingerprint density at radius 1 is 1.29 bits per heavy atom. The second-order valence-corrected chi connectivity index (χ2v) is 8.43. The van der Waals surface area contributed by atoms with Crippen molar-refractivity contribution in [3.63, 3.8) is 0 Å². The standard InChI is InChI=1S/C19H25ClF4N2O2/c1-5-19(23,24)12-10-13(25-14(20)11-12)18(15(21)22)6-8-26(9-7-18)16(27)28-17(2,3)4/h10-11,15H,5-9H2,1-4H3. The lowest BCUT2D eigenvalue weighted by molar-refractivity contribution is -0.0163. The van der Waals surface area contributed by atoms with Crippen LogP contribution in [-0.4, -0.2) is 41.1 Å². The van der Waals surface area contributed by atoms with Gasteiger partial charge in [0.2, 0.25) is 6.43 Å². The monoisotopic (exact) mass is 424 g/mol. The van der Waals surface area contributed by atoms with E-state index in [9.17, 15) is 22.4 Å². The summed E-state index contributed by atoms with van der Waals surface area (Å²) in [5.74, 6) is -3.19. The van der Waals surface area contributed by atoms with Crippen molar-refractivity contribution in [3.05, 3.63) is 28.5 Å². The van der Waals surface area contributed by atoms with Gasteiger partial charge in [-0.3, -0.25) is 0 Å². The van der Waals surface area contributed by atoms with Gasteiger partial charge in [-0.05, 0) is 45.7 Å². The second-order valence-electron chi connectivity index (χ2n) is 8.05. The molecule has 1 aromatic heterocycles. The molecule has 4 nitrogen and oxygen atoms in total. The van der Waals surface area contributed by atoms with E-state index in [1.54, 1.807) is 20.8 Å². The molecule has 158 valence electrons. The Balaban J connectivity index is 2.31. The van der Waals surface area contributed by atoms with Crippen LogP contribution in [0.4, 0.5) is 22.4 Å². The zero-order chi connectivity index (χ0) is 21.3. The molecule has 1 amide bonds. The van der Waals surface area contributed by atoms with Crippen LogP contribution in [-0.2, 0) is 16.1 Å². The fraction of sp³-hybridized carbons (Fsp3) is 0.684. The van der Waals surface area contributed by atoms with Crippen molar-refractivity contribution in [2.24, 2.45) is 0 Å². The van der Waals surface area contributed by atoms with E-state index in [1.165, 1.54) is 11.8 Å². The molecule has 0 aromatic carbocycles. The number of ether oxygens (including phenoxy) is 1. The molecule has 28 heavy (non-hydrogen) atoms. The van der Waals surface area contributed by atoms with Crippen molar-refractivity contribution in [3.8, 4) is 0 Å². The third-order valence-corrected chi connectivity index (χ3v) is 5.09. The lowest BCUT2D eigenvalue weighted by Crippen LogP contribution is -2.50. The summed E-state index contributed by atoms with van der Waals surface area (Å²) in [6.45, 7) is 6.45. The molecule has 0 unspecified atom stereocenters. The molecule has 0 N–H and O–H groups in total. The van der Waals surface area contributed by atoms with Gasteiger partial charge in [0.05, 0.1) is 11.1 Å². The quantitative estimate of drug-likeness (QED) is 0.455. The van der Waals surface area contributed by atoms with E-state index in [2.05, 4.69) is 4.98 Å². The van der Waals surface area contributed by atoms with Crippen molar-refractivity contribution in [1.29, 1.82) is 0 Å². The first-order chi connectivity index (χ1) is 12.8. The Kier molecular flexibility index (Phi) is 6.53. The Labute approximate surface area is 167 Å². The van der Waals surface area contributed by atoms with E-state index >= 15 is 0 Å². The van der Waals surface area contributed by atoms with Gasteiger partial charge in [-0.25, -0.2) is 27.3 Å². The number of nitrogens with zero attached hydrogens (tertiary/aromatic N) is 2. The van der Waals surface area contributed by atoms with Crippen molar-refractivity contribution >= 4 is 17.7 Å². The number of amides is 1. The zero-order valence-corrected chi connectivity index (χ0v) is 17.1. The summed E-state index contributed by atoms with van der Waals surface area (Å²) in [5, 5.41) is -0.254. The number of alkyl halides is 4. The summed E-state index contributed by atoms with van der Waals surface area (Å²) in [4.78, 5) is 17.5. The van der Waals surface area contributed by atoms with Gasteiger partial charge in [0.1, 0.15) is 10.8 Å². The van der Waals surface area contributed by atoms with E-state index in [1.807, 2.05) is 0 Å². The molecule has 0 aliphatic carbocycles. The van der Waals surface area contributed by atoms with Crippen LogP contribution in [0.1, 0.15) is 58.2 Å². The predicted molar refractivity (Wildman–Crippen MR) is 98.2 cm³/mol. The molecule has 1 fully saturated rings. The summed E-state index contributed by atoms with van der Waals surface area (Å²) in [6, 6.07) is 2.02. The number of carbonyl (C=O) groups excluding carboxylic acids is 1. The molecular weight excluding hydrogens is 400 g/mol. The number of piperidine rings is 1. The highest BCUT2D eigenvalue weighted by atomic mass is 35.5. The number of carbonyl (C=O) groups is 1. The zero-order valence-electron chi connectivity index (χ0n) is 16.4. The highest BCUT2D eigenvalue weighted by Gasteiger charge is 2.47. The molecule has 2 rings (SSSR count). The fourth-order valence-electron chi connectivity index (χ4n) is 3.17. The smallest absolute Gasteiger partial charge is 0.410 e. The maximum Gasteiger partial charge on any atom is 0.410 e. The molecule has 0 atom stereocenters. The number of aromatic nitrogens is 1. The Morgan fingerprint density at radius 3 is 2.32 bits per heavy atom. The number of likely N-dealkylation sites (tertiary alicyclic amines) is 1. The van der Waals surface area contributed by atoms with E-state index in [0.29, 0.717) is 0 Å². The molecule has 0 spiro atoms. The fourth-order valence-corrected chi connectivity index (χ4v) is 3.38. The minimum Gasteiger partial charge on any atom is -0.444 e. The first kappa shape index (κ1) is 22.7. The molecule has 2 heterocycles. The van der Waals surface area contributed by atoms with Crippen LogP contribution in [0.15, 0.2) is 12.1 Å². The van der Waals surface area contributed by atoms with E-state index in [-0.39, 0.29) is 36.8 Å². The SMILES string of the molecule is CCC(F)(F)c1cc(Cl)nc(C2(C(F)F)CCN(C(=O)OC(C)(C)C)CC2)c1. The van der Waals surface area contributed by atoms with Crippen LogP contribution in [0.25, 0.3) is 0 Å². The van der Waals surface area contributed by atoms with Gasteiger partial charge >= 0.3 is 6.09 Å². The van der Waals surface area contributed by atoms with Gasteiger partial charge in [0.25, 0.3) is 5.92 Å². The maximum atomic E-state index is 14.1. The number of hydrogen-bond donors (Lipinski definition) is 0. The van der Waals surface area contributed by atoms with Crippen molar-refractivity contribution in [1.82, 2.24) is 9.88 Å². The van der Waals surface area contributed by atoms with Crippen molar-refractivity contribution in [2.45, 2.75) is 70.3 Å². The van der Waals surface area contributed by atoms with Crippen LogP contribution in [0.5, 0.6) is 0 Å². The number of hydrogen-bond acceptors (Lipinski definition) is 3. The van der Waals surface area contributed by atoms with Crippen LogP contribution < -0.4 is 0 Å². The molecule has 1 aliphatic heterocycles. The molecule has 1 aliphatic rings. The molecule has 1 aromatic rings. The highest BCUT2D eigenvalue weighted by molar-refractivity contribution is 6.29. The largest absolute Gasteiger partial charge is 0.444 e. The summed E-state index contributed by atoms with van der Waals surface area (Å²) in [5.41, 5.74) is -3.05. The topological polar surface area (TPSA) is 42.4 Å². The van der Waals surface area contributed by atoms with Crippen LogP contribution >= 0.6 is 11.6 Å². The molecule has 0 saturated carbocycles. The first-order valence-electron chi connectivity index (χ1n) is 9.13. The second kappa shape index (κ2) is 8.05. The predicted octanol–water partition coefficient (Wildman–Crippen LogP) is 5.77. The molecule has 9 heteroatoms. The van der Waals surface area contributed by atoms with Crippen LogP contribution in [0.3, 0.4) is 0 Å². The summed E-state index contributed by atoms with van der Waals surface area (Å²) in [6.07, 6.45) is -4.18. The van der Waals surface area contributed by atoms with Gasteiger partial charge in [-0.1, -0.05) is 18.5 Å². The van der Waals surface area contributed by atoms with Crippen molar-refractivity contribution < 1.29 is 27.1 Å². The summed E-state index contributed by atoms with van der Waals surface area (Å²) < 4.78 is 61.7. The van der Waals surface area contributed by atoms with Crippen LogP contribution in [0.2, 0.25) is 5.15 Å². The minimum absolute atomic E-state index is 0.00690. The van der Waals surface area contributed by atoms with E-state index < -0.39 is 41.4 Å².